The molecule has 0 aromatic heterocycles. The van der Waals surface area contributed by atoms with E-state index in [0.717, 1.165) is 0 Å². The average Bonchev–Trinajstić information content (AvgIpc) is 3.17. The maximum absolute atomic E-state index is 12.1. The van der Waals surface area contributed by atoms with Gasteiger partial charge in [0.05, 0.1) is 63.9 Å². The number of ether oxygens (including phenoxy) is 7. The van der Waals surface area contributed by atoms with E-state index in [1.54, 1.807) is 62.3 Å². The van der Waals surface area contributed by atoms with Gasteiger partial charge < -0.3 is 58.1 Å². The Morgan fingerprint density at radius 1 is 0.377 bits per heavy atom. The number of hydrogen-bond donors (Lipinski definition) is 2. The van der Waals surface area contributed by atoms with Gasteiger partial charge in [0.25, 0.3) is 0 Å². The highest BCUT2D eigenvalue weighted by Crippen LogP contribution is 2.28. The fourth-order valence-corrected chi connectivity index (χ4v) is 6.43. The van der Waals surface area contributed by atoms with Crippen LogP contribution in [-0.2, 0) is 61.9 Å². The van der Waals surface area contributed by atoms with Crippen LogP contribution in [0.5, 0.6) is 0 Å². The zero-order valence-electron chi connectivity index (χ0n) is 37.6. The predicted molar refractivity (Wildman–Crippen MR) is 212 cm³/mol. The van der Waals surface area contributed by atoms with Crippen LogP contribution in [0.4, 0.5) is 14.4 Å². The molecular formula is C40H65N3O18. The van der Waals surface area contributed by atoms with Gasteiger partial charge in [-0.3, -0.25) is 28.8 Å². The van der Waals surface area contributed by atoms with E-state index in [-0.39, 0.29) is 52.1 Å². The normalized spacial score (nSPS) is 22.9. The summed E-state index contributed by atoms with van der Waals surface area (Å²) in [6.45, 7) is 16.3. The van der Waals surface area contributed by atoms with Crippen molar-refractivity contribution in [3.05, 3.63) is 0 Å². The Bertz CT molecular complexity index is 1480. The number of esters is 4. The van der Waals surface area contributed by atoms with Gasteiger partial charge in [0.2, 0.25) is 0 Å². The third-order valence-electron chi connectivity index (χ3n) is 9.14. The molecule has 0 aromatic rings. The van der Waals surface area contributed by atoms with Crippen LogP contribution in [0.15, 0.2) is 0 Å². The van der Waals surface area contributed by atoms with E-state index in [4.69, 9.17) is 33.9 Å². The molecule has 0 aliphatic carbocycles. The van der Waals surface area contributed by atoms with Crippen molar-refractivity contribution in [2.75, 3.05) is 67.7 Å². The van der Waals surface area contributed by atoms with Crippen molar-refractivity contribution in [1.82, 2.24) is 14.7 Å². The quantitative estimate of drug-likeness (QED) is 0.286. The Balaban J connectivity index is 0.000000458. The number of nitrogens with zero attached hydrogens (tertiary/aromatic N) is 3. The minimum atomic E-state index is -1.04. The molecule has 3 rings (SSSR count). The molecule has 0 aromatic carbocycles. The second kappa shape index (κ2) is 23.0. The lowest BCUT2D eigenvalue weighted by atomic mass is 9.89. The van der Waals surface area contributed by atoms with Crippen LogP contribution in [0, 0.1) is 35.5 Å². The maximum Gasteiger partial charge on any atom is 0.410 e. The van der Waals surface area contributed by atoms with Crippen LogP contribution in [0.3, 0.4) is 0 Å². The molecule has 21 nitrogen and oxygen atoms in total. The predicted octanol–water partition coefficient (Wildman–Crippen LogP) is 3.44. The van der Waals surface area contributed by atoms with Crippen molar-refractivity contribution < 1.29 is 86.5 Å². The highest BCUT2D eigenvalue weighted by atomic mass is 16.6. The molecule has 0 bridgehead atoms. The zero-order chi connectivity index (χ0) is 47.2. The van der Waals surface area contributed by atoms with Crippen LogP contribution in [0.1, 0.15) is 81.6 Å². The van der Waals surface area contributed by atoms with E-state index < -0.39 is 106 Å². The Morgan fingerprint density at radius 3 is 0.721 bits per heavy atom. The van der Waals surface area contributed by atoms with Gasteiger partial charge in [-0.25, -0.2) is 14.4 Å². The van der Waals surface area contributed by atoms with E-state index in [9.17, 15) is 43.2 Å². The van der Waals surface area contributed by atoms with Gasteiger partial charge in [0, 0.05) is 39.3 Å². The van der Waals surface area contributed by atoms with Gasteiger partial charge in [-0.05, 0) is 81.6 Å². The first-order chi connectivity index (χ1) is 27.9. The number of aliphatic carboxylic acids is 2. The lowest BCUT2D eigenvalue weighted by molar-refractivity contribution is -0.154. The Hall–Kier alpha value is -5.37. The van der Waals surface area contributed by atoms with Crippen molar-refractivity contribution in [2.45, 2.75) is 98.4 Å². The number of carbonyl (C=O) groups excluding carboxylic acids is 7. The average molecular weight is 876 g/mol. The molecule has 2 unspecified atom stereocenters. The van der Waals surface area contributed by atoms with Crippen molar-refractivity contribution in [2.24, 2.45) is 35.5 Å². The summed E-state index contributed by atoms with van der Waals surface area (Å²) in [5.41, 5.74) is -1.99. The van der Waals surface area contributed by atoms with E-state index in [0.29, 0.717) is 6.42 Å². The molecule has 0 saturated carbocycles. The zero-order valence-corrected chi connectivity index (χ0v) is 37.6. The molecule has 3 heterocycles. The van der Waals surface area contributed by atoms with E-state index >= 15 is 0 Å². The number of amides is 3. The molecule has 348 valence electrons. The Morgan fingerprint density at radius 2 is 0.557 bits per heavy atom. The van der Waals surface area contributed by atoms with Gasteiger partial charge in [0.15, 0.2) is 0 Å². The number of rotatable bonds is 6. The number of carboxylic acid groups (broad SMARTS) is 2. The SMILES string of the molecule is COC(=O)C1CC(C(=O)OC)CN(C(=O)OC(C)(C)C)C1.COC(=O)[C@@H]1C[C@@H](C(=O)O)CN(C(=O)OC(C)(C)C)C1.COC(=O)[C@@H]1C[C@H](C(=O)O)CN(C(=O)OC(C)(C)C)C1. The topological polar surface area (TPSA) is 268 Å². The van der Waals surface area contributed by atoms with Crippen LogP contribution in [-0.4, -0.2) is 164 Å². The van der Waals surface area contributed by atoms with Crippen LogP contribution in [0.2, 0.25) is 0 Å². The van der Waals surface area contributed by atoms with Crippen molar-refractivity contribution in [3.63, 3.8) is 0 Å². The molecule has 0 spiro atoms. The Kier molecular flexibility index (Phi) is 20.2. The first-order valence-electron chi connectivity index (χ1n) is 19.7. The lowest BCUT2D eigenvalue weighted by Gasteiger charge is -2.36. The highest BCUT2D eigenvalue weighted by Gasteiger charge is 2.42. The number of likely N-dealkylation sites (tertiary alicyclic amines) is 3. The molecule has 2 N–H and O–H groups in total. The summed E-state index contributed by atoms with van der Waals surface area (Å²) in [7, 11) is 5.04. The number of carboxylic acids is 2. The first kappa shape index (κ1) is 53.6. The number of methoxy groups -OCH3 is 4. The van der Waals surface area contributed by atoms with Gasteiger partial charge in [-0.2, -0.15) is 0 Å². The minimum Gasteiger partial charge on any atom is -0.481 e. The lowest BCUT2D eigenvalue weighted by Crippen LogP contribution is -2.50. The Labute approximate surface area is 356 Å². The summed E-state index contributed by atoms with van der Waals surface area (Å²) in [6, 6.07) is 0. The molecule has 3 aliphatic heterocycles. The van der Waals surface area contributed by atoms with Crippen molar-refractivity contribution >= 4 is 54.1 Å². The van der Waals surface area contributed by atoms with Gasteiger partial charge in [-0.15, -0.1) is 0 Å². The van der Waals surface area contributed by atoms with Crippen LogP contribution in [0.25, 0.3) is 0 Å². The summed E-state index contributed by atoms with van der Waals surface area (Å²) >= 11 is 0. The summed E-state index contributed by atoms with van der Waals surface area (Å²) in [6.07, 6.45) is -1.14. The maximum atomic E-state index is 12.1. The largest absolute Gasteiger partial charge is 0.481 e. The summed E-state index contributed by atoms with van der Waals surface area (Å²) in [4.78, 5) is 109. The van der Waals surface area contributed by atoms with Gasteiger partial charge >= 0.3 is 54.1 Å². The van der Waals surface area contributed by atoms with Crippen LogP contribution < -0.4 is 0 Å². The number of hydrogen-bond acceptors (Lipinski definition) is 16. The molecule has 3 amide bonds. The molecular weight excluding hydrogens is 810 g/mol. The standard InChI is InChI=1S/C14H23NO6.2C13H21NO6/c1-14(2,3)21-13(18)15-7-9(11(16)19-4)6-10(8-15)12(17)20-5;2*1-13(2,3)20-12(18)14-6-8(10(15)16)5-9(7-14)11(17)19-4/h9-10H,6-8H2,1-5H3;2*8-9H,5-7H2,1-4H3,(H,15,16)/t;8-,9+;8-,9-/m.01/s1. The van der Waals surface area contributed by atoms with Crippen LogP contribution >= 0.6 is 0 Å². The van der Waals surface area contributed by atoms with Crippen molar-refractivity contribution in [1.29, 1.82) is 0 Å². The van der Waals surface area contributed by atoms with E-state index in [1.165, 1.54) is 43.1 Å². The first-order valence-corrected chi connectivity index (χ1v) is 19.7. The summed E-state index contributed by atoms with van der Waals surface area (Å²) in [5, 5.41) is 18.2. The van der Waals surface area contributed by atoms with E-state index in [1.807, 2.05) is 0 Å². The smallest absolute Gasteiger partial charge is 0.410 e. The van der Waals surface area contributed by atoms with Crippen molar-refractivity contribution in [3.8, 4) is 0 Å². The fourth-order valence-electron chi connectivity index (χ4n) is 6.43. The molecule has 3 fully saturated rings. The second-order valence-corrected chi connectivity index (χ2v) is 17.8. The third-order valence-corrected chi connectivity index (χ3v) is 9.14. The molecule has 21 heteroatoms. The molecule has 3 aliphatic rings. The highest BCUT2D eigenvalue weighted by molar-refractivity contribution is 5.80. The molecule has 0 radical (unpaired) electrons. The summed E-state index contributed by atoms with van der Waals surface area (Å²) in [5.74, 6) is -7.95. The number of piperidine rings is 3. The third kappa shape index (κ3) is 18.8. The summed E-state index contributed by atoms with van der Waals surface area (Å²) < 4.78 is 34.4. The fraction of sp³-hybridized carbons (Fsp3) is 0.775. The van der Waals surface area contributed by atoms with Gasteiger partial charge in [-0.1, -0.05) is 0 Å². The second-order valence-electron chi connectivity index (χ2n) is 17.8. The molecule has 3 saturated heterocycles. The molecule has 61 heavy (non-hydrogen) atoms. The minimum absolute atomic E-state index is 0.0394. The monoisotopic (exact) mass is 875 g/mol. The van der Waals surface area contributed by atoms with Gasteiger partial charge in [0.1, 0.15) is 16.8 Å². The number of carbonyl (C=O) groups is 9. The molecule has 6 atom stereocenters. The van der Waals surface area contributed by atoms with E-state index in [2.05, 4.69) is 9.47 Å².